The van der Waals surface area contributed by atoms with Crippen LogP contribution in [-0.2, 0) is 0 Å². The van der Waals surface area contributed by atoms with Gasteiger partial charge in [-0.1, -0.05) is 29.8 Å². The second-order valence-corrected chi connectivity index (χ2v) is 4.93. The van der Waals surface area contributed by atoms with Crippen molar-refractivity contribution < 1.29 is 9.21 Å². The van der Waals surface area contributed by atoms with Gasteiger partial charge in [-0.05, 0) is 42.8 Å². The van der Waals surface area contributed by atoms with E-state index in [1.165, 1.54) is 0 Å². The Bertz CT molecular complexity index is 718. The highest BCUT2D eigenvalue weighted by atomic mass is 35.5. The molecule has 0 saturated carbocycles. The Labute approximate surface area is 115 Å². The molecule has 0 fully saturated rings. The largest absolute Gasteiger partial charge is 0.453 e. The van der Waals surface area contributed by atoms with E-state index in [1.54, 1.807) is 18.2 Å². The number of ketones is 1. The fourth-order valence-corrected chi connectivity index (χ4v) is 2.39. The Balaban J connectivity index is 2.07. The lowest BCUT2D eigenvalue weighted by atomic mass is 10.1. The smallest absolute Gasteiger partial charge is 0.228 e. The molecule has 2 nitrogen and oxygen atoms in total. The molecule has 3 rings (SSSR count). The van der Waals surface area contributed by atoms with Crippen molar-refractivity contribution in [3.05, 3.63) is 70.4 Å². The predicted molar refractivity (Wildman–Crippen MR) is 75.8 cm³/mol. The lowest BCUT2D eigenvalue weighted by molar-refractivity contribution is 0.101. The third-order valence-electron chi connectivity index (χ3n) is 2.95. The van der Waals surface area contributed by atoms with Crippen molar-refractivity contribution in [1.29, 1.82) is 0 Å². The van der Waals surface area contributed by atoms with Crippen LogP contribution in [-0.4, -0.2) is 5.78 Å². The number of carbonyl (C=O) groups is 1. The summed E-state index contributed by atoms with van der Waals surface area (Å²) in [6, 6.07) is 14.6. The number of furan rings is 1. The molecule has 1 aromatic heterocycles. The molecule has 0 aliphatic heterocycles. The van der Waals surface area contributed by atoms with Gasteiger partial charge >= 0.3 is 0 Å². The van der Waals surface area contributed by atoms with Crippen LogP contribution >= 0.6 is 11.6 Å². The number of halogens is 1. The zero-order valence-electron chi connectivity index (χ0n) is 10.3. The van der Waals surface area contributed by atoms with Crippen molar-refractivity contribution in [2.45, 2.75) is 6.92 Å². The van der Waals surface area contributed by atoms with Crippen molar-refractivity contribution in [1.82, 2.24) is 0 Å². The van der Waals surface area contributed by atoms with Gasteiger partial charge in [0.15, 0.2) is 5.76 Å². The normalized spacial score (nSPS) is 10.8. The van der Waals surface area contributed by atoms with Crippen molar-refractivity contribution in [3.63, 3.8) is 0 Å². The number of rotatable bonds is 2. The van der Waals surface area contributed by atoms with Crippen molar-refractivity contribution in [3.8, 4) is 0 Å². The minimum absolute atomic E-state index is 0.151. The third kappa shape index (κ3) is 2.27. The molecule has 0 saturated heterocycles. The molecule has 0 N–H and O–H groups in total. The van der Waals surface area contributed by atoms with Gasteiger partial charge in [-0.3, -0.25) is 4.79 Å². The van der Waals surface area contributed by atoms with E-state index in [0.717, 1.165) is 10.9 Å². The first kappa shape index (κ1) is 12.0. The van der Waals surface area contributed by atoms with Crippen LogP contribution in [0.5, 0.6) is 0 Å². The van der Waals surface area contributed by atoms with E-state index in [1.807, 2.05) is 37.3 Å². The highest BCUT2D eigenvalue weighted by Gasteiger charge is 2.15. The number of benzene rings is 2. The van der Waals surface area contributed by atoms with Crippen LogP contribution in [0.2, 0.25) is 5.02 Å². The summed E-state index contributed by atoms with van der Waals surface area (Å²) in [4.78, 5) is 12.4. The van der Waals surface area contributed by atoms with Gasteiger partial charge in [-0.15, -0.1) is 0 Å². The molecule has 0 unspecified atom stereocenters. The summed E-state index contributed by atoms with van der Waals surface area (Å²) in [6.07, 6.45) is 0. The highest BCUT2D eigenvalue weighted by molar-refractivity contribution is 6.31. The van der Waals surface area contributed by atoms with Gasteiger partial charge < -0.3 is 4.42 Å². The van der Waals surface area contributed by atoms with E-state index in [0.29, 0.717) is 21.9 Å². The van der Waals surface area contributed by atoms with Crippen LogP contribution in [0.15, 0.2) is 52.9 Å². The van der Waals surface area contributed by atoms with Gasteiger partial charge in [0.2, 0.25) is 5.78 Å². The lowest BCUT2D eigenvalue weighted by Crippen LogP contribution is -1.99. The maximum Gasteiger partial charge on any atom is 0.228 e. The molecular formula is C16H11ClO2. The second kappa shape index (κ2) is 4.56. The third-order valence-corrected chi connectivity index (χ3v) is 3.17. The summed E-state index contributed by atoms with van der Waals surface area (Å²) < 4.78 is 5.57. The summed E-state index contributed by atoms with van der Waals surface area (Å²) in [6.45, 7) is 1.90. The first-order valence-corrected chi connectivity index (χ1v) is 6.32. The molecule has 1 heterocycles. The number of hydrogen-bond donors (Lipinski definition) is 0. The van der Waals surface area contributed by atoms with Gasteiger partial charge in [0.25, 0.3) is 0 Å². The molecule has 0 aliphatic carbocycles. The fourth-order valence-electron chi connectivity index (χ4n) is 2.10. The molecule has 3 aromatic rings. The van der Waals surface area contributed by atoms with Gasteiger partial charge in [0, 0.05) is 16.0 Å². The average Bonchev–Trinajstić information content (AvgIpc) is 2.80. The topological polar surface area (TPSA) is 30.2 Å². The predicted octanol–water partition coefficient (Wildman–Crippen LogP) is 4.63. The van der Waals surface area contributed by atoms with E-state index in [2.05, 4.69) is 0 Å². The summed E-state index contributed by atoms with van der Waals surface area (Å²) in [5, 5.41) is 1.48. The van der Waals surface area contributed by atoms with Crippen LogP contribution in [0.3, 0.4) is 0 Å². The Kier molecular flexibility index (Phi) is 2.88. The van der Waals surface area contributed by atoms with Crippen LogP contribution in [0.1, 0.15) is 21.7 Å². The molecule has 0 spiro atoms. The Morgan fingerprint density at radius 2 is 1.89 bits per heavy atom. The Hall–Kier alpha value is -2.06. The van der Waals surface area contributed by atoms with Crippen molar-refractivity contribution >= 4 is 28.4 Å². The Morgan fingerprint density at radius 1 is 1.11 bits per heavy atom. The van der Waals surface area contributed by atoms with Crippen LogP contribution in [0, 0.1) is 6.92 Å². The van der Waals surface area contributed by atoms with E-state index in [9.17, 15) is 4.79 Å². The molecule has 0 aliphatic rings. The summed E-state index contributed by atoms with van der Waals surface area (Å²) in [5.41, 5.74) is 2.21. The summed E-state index contributed by atoms with van der Waals surface area (Å²) >= 11 is 5.98. The first-order chi connectivity index (χ1) is 9.13. The van der Waals surface area contributed by atoms with Gasteiger partial charge in [-0.25, -0.2) is 0 Å². The number of hydrogen-bond acceptors (Lipinski definition) is 2. The van der Waals surface area contributed by atoms with E-state index in [-0.39, 0.29) is 5.78 Å². The monoisotopic (exact) mass is 270 g/mol. The molecule has 0 amide bonds. The fraction of sp³-hybridized carbons (Fsp3) is 0.0625. The van der Waals surface area contributed by atoms with E-state index in [4.69, 9.17) is 16.0 Å². The molecule has 94 valence electrons. The standard InChI is InChI=1S/C16H11ClO2/c1-10-6-12(8-13(17)7-10)16(18)15-9-11-4-2-3-5-14(11)19-15/h2-9H,1H3. The number of aryl methyl sites for hydroxylation is 1. The zero-order chi connectivity index (χ0) is 13.4. The van der Waals surface area contributed by atoms with Gasteiger partial charge in [-0.2, -0.15) is 0 Å². The molecule has 0 bridgehead atoms. The summed E-state index contributed by atoms with van der Waals surface area (Å²) in [7, 11) is 0. The van der Waals surface area contributed by atoms with Crippen molar-refractivity contribution in [2.75, 3.05) is 0 Å². The quantitative estimate of drug-likeness (QED) is 0.636. The molecule has 0 radical (unpaired) electrons. The zero-order valence-corrected chi connectivity index (χ0v) is 11.1. The average molecular weight is 271 g/mol. The molecule has 3 heteroatoms. The van der Waals surface area contributed by atoms with Crippen LogP contribution in [0.25, 0.3) is 11.0 Å². The maximum absolute atomic E-state index is 12.4. The molecule has 2 aromatic carbocycles. The molecule has 19 heavy (non-hydrogen) atoms. The van der Waals surface area contributed by atoms with E-state index >= 15 is 0 Å². The molecule has 0 atom stereocenters. The second-order valence-electron chi connectivity index (χ2n) is 4.49. The summed E-state index contributed by atoms with van der Waals surface area (Å²) in [5.74, 6) is 0.185. The van der Waals surface area contributed by atoms with E-state index < -0.39 is 0 Å². The van der Waals surface area contributed by atoms with Crippen molar-refractivity contribution in [2.24, 2.45) is 0 Å². The number of carbonyl (C=O) groups excluding carboxylic acids is 1. The molecular weight excluding hydrogens is 260 g/mol. The van der Waals surface area contributed by atoms with Gasteiger partial charge in [0.1, 0.15) is 5.58 Å². The van der Waals surface area contributed by atoms with Gasteiger partial charge in [0.05, 0.1) is 0 Å². The van der Waals surface area contributed by atoms with Crippen LogP contribution in [0.4, 0.5) is 0 Å². The minimum Gasteiger partial charge on any atom is -0.453 e. The van der Waals surface area contributed by atoms with Crippen LogP contribution < -0.4 is 0 Å². The number of para-hydroxylation sites is 1. The number of fused-ring (bicyclic) bond motifs is 1. The maximum atomic E-state index is 12.4. The Morgan fingerprint density at radius 3 is 2.63 bits per heavy atom. The first-order valence-electron chi connectivity index (χ1n) is 5.94. The SMILES string of the molecule is Cc1cc(Cl)cc(C(=O)c2cc3ccccc3o2)c1. The lowest BCUT2D eigenvalue weighted by Gasteiger charge is -2.00. The highest BCUT2D eigenvalue weighted by Crippen LogP contribution is 2.23. The minimum atomic E-state index is -0.151.